The van der Waals surface area contributed by atoms with Crippen LogP contribution < -0.4 is 5.32 Å². The molecule has 6 rings (SSSR count). The molecule has 8 nitrogen and oxygen atoms in total. The summed E-state index contributed by atoms with van der Waals surface area (Å²) in [6.45, 7) is 1.96. The highest BCUT2D eigenvalue weighted by Gasteiger charge is 2.17. The molecule has 1 amide bonds. The third kappa shape index (κ3) is 4.20. The molecule has 0 aliphatic heterocycles. The summed E-state index contributed by atoms with van der Waals surface area (Å²) in [5.74, 6) is -0.377. The summed E-state index contributed by atoms with van der Waals surface area (Å²) in [6, 6.07) is 14.2. The minimum absolute atomic E-state index is 0.0509. The zero-order valence-corrected chi connectivity index (χ0v) is 19.9. The minimum Gasteiger partial charge on any atom is -0.353 e. The van der Waals surface area contributed by atoms with Crippen molar-refractivity contribution in [3.05, 3.63) is 79.1 Å². The van der Waals surface area contributed by atoms with Crippen molar-refractivity contribution in [2.75, 3.05) is 5.32 Å². The number of amides is 1. The molecule has 182 valence electrons. The Labute approximate surface area is 211 Å². The van der Waals surface area contributed by atoms with Crippen LogP contribution in [-0.4, -0.2) is 36.0 Å². The van der Waals surface area contributed by atoms with Gasteiger partial charge in [0.25, 0.3) is 0 Å². The number of hydrogen-bond acceptors (Lipinski definition) is 5. The number of nitrogens with one attached hydrogen (secondary N) is 3. The molecule has 0 bridgehead atoms. The van der Waals surface area contributed by atoms with Crippen molar-refractivity contribution < 1.29 is 9.18 Å². The van der Waals surface area contributed by atoms with Crippen LogP contribution in [0.25, 0.3) is 55.7 Å². The van der Waals surface area contributed by atoms with Crippen molar-refractivity contribution >= 4 is 33.4 Å². The van der Waals surface area contributed by atoms with E-state index in [9.17, 15) is 9.18 Å². The Bertz CT molecular complexity index is 1770. The molecule has 3 N–H and O–H groups in total. The van der Waals surface area contributed by atoms with E-state index in [-0.39, 0.29) is 11.7 Å². The second kappa shape index (κ2) is 9.27. The lowest BCUT2D eigenvalue weighted by Crippen LogP contribution is -2.10. The maximum atomic E-state index is 14.5. The normalized spacial score (nSPS) is 11.3. The number of aromatic nitrogens is 6. The highest BCUT2D eigenvalue weighted by atomic mass is 19.1. The lowest BCUT2D eigenvalue weighted by Gasteiger charge is -2.06. The molecule has 0 radical (unpaired) electrons. The maximum absolute atomic E-state index is 14.5. The first-order chi connectivity index (χ1) is 18.1. The highest BCUT2D eigenvalue weighted by Crippen LogP contribution is 2.34. The minimum atomic E-state index is -0.326. The van der Waals surface area contributed by atoms with Crippen LogP contribution in [0.15, 0.2) is 73.3 Å². The zero-order chi connectivity index (χ0) is 25.4. The lowest BCUT2D eigenvalue weighted by molar-refractivity contribution is -0.116. The lowest BCUT2D eigenvalue weighted by atomic mass is 10.1. The van der Waals surface area contributed by atoms with Gasteiger partial charge >= 0.3 is 0 Å². The van der Waals surface area contributed by atoms with Gasteiger partial charge in [0.1, 0.15) is 11.5 Å². The Morgan fingerprint density at radius 1 is 0.973 bits per heavy atom. The predicted octanol–water partition coefficient (Wildman–Crippen LogP) is 6.11. The fraction of sp³-hybridized carbons (Fsp3) is 0.107. The molecular formula is C28H22FN7O. The number of carbonyl (C=O) groups is 1. The van der Waals surface area contributed by atoms with Crippen LogP contribution in [-0.2, 0) is 4.79 Å². The van der Waals surface area contributed by atoms with Crippen molar-refractivity contribution in [3.63, 3.8) is 0 Å². The van der Waals surface area contributed by atoms with Crippen molar-refractivity contribution in [2.45, 2.75) is 19.8 Å². The number of nitrogens with zero attached hydrogens (tertiary/aromatic N) is 4. The second-order valence-electron chi connectivity index (χ2n) is 8.73. The van der Waals surface area contributed by atoms with E-state index < -0.39 is 0 Å². The average molecular weight is 492 g/mol. The quantitative estimate of drug-likeness (QED) is 0.260. The van der Waals surface area contributed by atoms with Gasteiger partial charge in [-0.3, -0.25) is 24.8 Å². The number of benzene rings is 1. The summed E-state index contributed by atoms with van der Waals surface area (Å²) >= 11 is 0. The van der Waals surface area contributed by atoms with Crippen molar-refractivity contribution in [1.82, 2.24) is 30.1 Å². The van der Waals surface area contributed by atoms with Gasteiger partial charge in [0.05, 0.1) is 40.7 Å². The van der Waals surface area contributed by atoms with Gasteiger partial charge in [-0.1, -0.05) is 19.1 Å². The van der Waals surface area contributed by atoms with Crippen LogP contribution >= 0.6 is 0 Å². The number of anilines is 1. The van der Waals surface area contributed by atoms with E-state index in [0.29, 0.717) is 34.8 Å². The number of carbonyl (C=O) groups excluding carboxylic acids is 1. The molecule has 37 heavy (non-hydrogen) atoms. The summed E-state index contributed by atoms with van der Waals surface area (Å²) in [7, 11) is 0. The van der Waals surface area contributed by atoms with Crippen LogP contribution in [0, 0.1) is 5.82 Å². The van der Waals surface area contributed by atoms with E-state index in [1.54, 1.807) is 43.0 Å². The van der Waals surface area contributed by atoms with Gasteiger partial charge in [-0.15, -0.1) is 0 Å². The molecule has 0 atom stereocenters. The summed E-state index contributed by atoms with van der Waals surface area (Å²) in [6.07, 6.45) is 7.92. The summed E-state index contributed by atoms with van der Waals surface area (Å²) in [5, 5.41) is 12.1. The molecule has 5 aromatic heterocycles. The highest BCUT2D eigenvalue weighted by molar-refractivity contribution is 6.00. The molecule has 1 aromatic carbocycles. The first kappa shape index (κ1) is 22.5. The van der Waals surface area contributed by atoms with E-state index in [1.165, 1.54) is 6.07 Å². The number of hydrogen-bond donors (Lipinski definition) is 3. The van der Waals surface area contributed by atoms with Gasteiger partial charge in [-0.2, -0.15) is 5.10 Å². The van der Waals surface area contributed by atoms with E-state index in [2.05, 4.69) is 35.5 Å². The number of H-pyrrole nitrogens is 2. The van der Waals surface area contributed by atoms with Gasteiger partial charge in [0.2, 0.25) is 5.91 Å². The Morgan fingerprint density at radius 3 is 2.70 bits per heavy atom. The Hall–Kier alpha value is -4.92. The van der Waals surface area contributed by atoms with E-state index >= 15 is 0 Å². The topological polar surface area (TPSA) is 112 Å². The smallest absolute Gasteiger partial charge is 0.224 e. The first-order valence-corrected chi connectivity index (χ1v) is 11.9. The summed E-state index contributed by atoms with van der Waals surface area (Å²) < 4.78 is 14.5. The van der Waals surface area contributed by atoms with E-state index in [4.69, 9.17) is 0 Å². The summed E-state index contributed by atoms with van der Waals surface area (Å²) in [5.41, 5.74) is 6.15. The van der Waals surface area contributed by atoms with E-state index in [1.807, 2.05) is 31.2 Å². The van der Waals surface area contributed by atoms with Crippen LogP contribution in [0.5, 0.6) is 0 Å². The molecule has 0 aliphatic carbocycles. The Balaban J connectivity index is 1.41. The van der Waals surface area contributed by atoms with Crippen LogP contribution in [0.4, 0.5) is 10.1 Å². The van der Waals surface area contributed by atoms with Gasteiger partial charge in [-0.25, -0.2) is 4.39 Å². The largest absolute Gasteiger partial charge is 0.353 e. The third-order valence-electron chi connectivity index (χ3n) is 6.17. The van der Waals surface area contributed by atoms with Gasteiger partial charge in [-0.05, 0) is 42.8 Å². The fourth-order valence-electron chi connectivity index (χ4n) is 4.43. The fourth-order valence-corrected chi connectivity index (χ4v) is 4.43. The Morgan fingerprint density at radius 2 is 1.84 bits per heavy atom. The molecule has 6 aromatic rings. The molecule has 5 heterocycles. The molecule has 0 fully saturated rings. The molecule has 0 saturated carbocycles. The molecule has 9 heteroatoms. The summed E-state index contributed by atoms with van der Waals surface area (Å²) in [4.78, 5) is 28.7. The number of rotatable bonds is 6. The monoisotopic (exact) mass is 491 g/mol. The van der Waals surface area contributed by atoms with Gasteiger partial charge in [0, 0.05) is 46.2 Å². The number of pyridine rings is 3. The maximum Gasteiger partial charge on any atom is 0.224 e. The van der Waals surface area contributed by atoms with E-state index in [0.717, 1.165) is 39.5 Å². The van der Waals surface area contributed by atoms with Gasteiger partial charge in [0.15, 0.2) is 0 Å². The molecular weight excluding hydrogens is 469 g/mol. The number of aromatic amines is 2. The predicted molar refractivity (Wildman–Crippen MR) is 141 cm³/mol. The van der Waals surface area contributed by atoms with Crippen LogP contribution in [0.1, 0.15) is 19.8 Å². The second-order valence-corrected chi connectivity index (χ2v) is 8.73. The van der Waals surface area contributed by atoms with Crippen molar-refractivity contribution in [1.29, 1.82) is 0 Å². The van der Waals surface area contributed by atoms with Crippen LogP contribution in [0.3, 0.4) is 0 Å². The van der Waals surface area contributed by atoms with Gasteiger partial charge < -0.3 is 10.3 Å². The number of fused-ring (bicyclic) bond motifs is 2. The van der Waals surface area contributed by atoms with Crippen molar-refractivity contribution in [3.8, 4) is 33.9 Å². The SMILES string of the molecule is CCCC(=O)Nc1cncc(-c2cc3c(-c4cc5c(-c6ccccc6F)nccc5[nH]4)n[nH]c3cn2)c1. The van der Waals surface area contributed by atoms with Crippen molar-refractivity contribution in [2.24, 2.45) is 0 Å². The molecule has 0 spiro atoms. The first-order valence-electron chi connectivity index (χ1n) is 11.9. The average Bonchev–Trinajstić information content (AvgIpc) is 3.53. The Kier molecular flexibility index (Phi) is 5.65. The van der Waals surface area contributed by atoms with Crippen LogP contribution in [0.2, 0.25) is 0 Å². The zero-order valence-electron chi connectivity index (χ0n) is 19.9. The number of halogens is 1. The molecule has 0 unspecified atom stereocenters. The molecule has 0 saturated heterocycles. The third-order valence-corrected chi connectivity index (χ3v) is 6.17. The standard InChI is InChI=1S/C28H22FN7O/c1-2-5-26(37)33-17-10-16(13-30-14-17)23-11-20-25(15-32-23)35-36-28(20)24-12-19-22(34-24)8-9-31-27(19)18-6-3-4-7-21(18)29/h3-4,6-15,34H,2,5H2,1H3,(H,33,37)(H,35,36). The molecule has 0 aliphatic rings.